The normalized spacial score (nSPS) is 19.1. The third-order valence-electron chi connectivity index (χ3n) is 4.10. The van der Waals surface area contributed by atoms with E-state index in [4.69, 9.17) is 9.47 Å². The van der Waals surface area contributed by atoms with E-state index in [-0.39, 0.29) is 5.75 Å². The smallest absolute Gasteiger partial charge is 0.491 e. The molecule has 1 aliphatic carbocycles. The minimum atomic E-state index is -4.73. The Morgan fingerprint density at radius 2 is 2.04 bits per heavy atom. The second kappa shape index (κ2) is 8.97. The predicted octanol–water partition coefficient (Wildman–Crippen LogP) is 5.13. The molecule has 0 bridgehead atoms. The van der Waals surface area contributed by atoms with Crippen molar-refractivity contribution in [2.75, 3.05) is 20.3 Å². The van der Waals surface area contributed by atoms with Crippen molar-refractivity contribution in [2.45, 2.75) is 25.6 Å². The molecule has 0 spiro atoms. The molecule has 1 N–H and O–H groups in total. The maximum absolute atomic E-state index is 12.4. The highest BCUT2D eigenvalue weighted by atomic mass is 19.4. The fourth-order valence-electron chi connectivity index (χ4n) is 2.81. The number of aromatic nitrogens is 2. The summed E-state index contributed by atoms with van der Waals surface area (Å²) in [5.41, 5.74) is 2.01. The van der Waals surface area contributed by atoms with E-state index in [9.17, 15) is 13.2 Å². The summed E-state index contributed by atoms with van der Waals surface area (Å²) < 4.78 is 51.9. The number of imidazole rings is 1. The molecule has 0 aliphatic heterocycles. The van der Waals surface area contributed by atoms with Crippen molar-refractivity contribution in [3.8, 4) is 5.75 Å². The van der Waals surface area contributed by atoms with Gasteiger partial charge in [0.2, 0.25) is 0 Å². The molecule has 0 saturated carbocycles. The predicted molar refractivity (Wildman–Crippen MR) is 99.7 cm³/mol. The van der Waals surface area contributed by atoms with Crippen LogP contribution in [0.5, 0.6) is 5.75 Å². The van der Waals surface area contributed by atoms with Crippen LogP contribution in [0.2, 0.25) is 0 Å². The summed E-state index contributed by atoms with van der Waals surface area (Å²) in [7, 11) is 1.61. The molecule has 0 atom stereocenters. The maximum Gasteiger partial charge on any atom is 0.573 e. The molecule has 0 unspecified atom stereocenters. The van der Waals surface area contributed by atoms with Crippen molar-refractivity contribution in [1.82, 2.24) is 9.97 Å². The SMILES string of the molecule is COCCO/C1=C/C=C(/c2nc3ccc(OC(F)(F)F)cc3[nH]2)CCCC=C1. The lowest BCUT2D eigenvalue weighted by Crippen LogP contribution is -2.16. The number of H-pyrrole nitrogens is 1. The lowest BCUT2D eigenvalue weighted by Gasteiger charge is -2.07. The van der Waals surface area contributed by atoms with Gasteiger partial charge >= 0.3 is 6.36 Å². The van der Waals surface area contributed by atoms with Gasteiger partial charge in [-0.1, -0.05) is 12.2 Å². The molecule has 3 rings (SSSR count). The Bertz CT molecular complexity index is 898. The zero-order valence-electron chi connectivity index (χ0n) is 15.4. The number of allylic oxidation sites excluding steroid dienone is 5. The summed E-state index contributed by atoms with van der Waals surface area (Å²) >= 11 is 0. The molecule has 28 heavy (non-hydrogen) atoms. The molecular formula is C20H21F3N2O3. The summed E-state index contributed by atoms with van der Waals surface area (Å²) in [6.07, 6.45) is 5.60. The van der Waals surface area contributed by atoms with E-state index >= 15 is 0 Å². The van der Waals surface area contributed by atoms with Crippen LogP contribution in [0, 0.1) is 0 Å². The number of benzene rings is 1. The molecule has 5 nitrogen and oxygen atoms in total. The highest BCUT2D eigenvalue weighted by Gasteiger charge is 2.31. The third-order valence-corrected chi connectivity index (χ3v) is 4.10. The first-order valence-electron chi connectivity index (χ1n) is 8.89. The van der Waals surface area contributed by atoms with Crippen LogP contribution in [0.1, 0.15) is 25.1 Å². The largest absolute Gasteiger partial charge is 0.573 e. The van der Waals surface area contributed by atoms with Crippen LogP contribution in [0.15, 0.2) is 48.3 Å². The number of aromatic amines is 1. The highest BCUT2D eigenvalue weighted by molar-refractivity contribution is 5.80. The van der Waals surface area contributed by atoms with Gasteiger partial charge in [0, 0.05) is 13.2 Å². The Morgan fingerprint density at radius 3 is 2.82 bits per heavy atom. The fourth-order valence-corrected chi connectivity index (χ4v) is 2.81. The first-order chi connectivity index (χ1) is 13.4. The molecule has 0 fully saturated rings. The van der Waals surface area contributed by atoms with Crippen LogP contribution in [-0.4, -0.2) is 36.7 Å². The van der Waals surface area contributed by atoms with E-state index in [1.54, 1.807) is 7.11 Å². The minimum Gasteiger partial charge on any atom is -0.491 e. The van der Waals surface area contributed by atoms with Gasteiger partial charge in [-0.25, -0.2) is 4.98 Å². The minimum absolute atomic E-state index is 0.281. The summed E-state index contributed by atoms with van der Waals surface area (Å²) in [6, 6.07) is 4.05. The molecular weight excluding hydrogens is 373 g/mol. The van der Waals surface area contributed by atoms with Crippen LogP contribution in [0.4, 0.5) is 13.2 Å². The van der Waals surface area contributed by atoms with Gasteiger partial charge in [0.1, 0.15) is 23.9 Å². The molecule has 1 heterocycles. The monoisotopic (exact) mass is 394 g/mol. The third kappa shape index (κ3) is 5.63. The van der Waals surface area contributed by atoms with Crippen molar-refractivity contribution in [2.24, 2.45) is 0 Å². The average Bonchev–Trinajstić information content (AvgIpc) is 3.08. The molecule has 1 aliphatic rings. The number of fused-ring (bicyclic) bond motifs is 1. The number of halogens is 3. The number of nitrogens with one attached hydrogen (secondary N) is 1. The van der Waals surface area contributed by atoms with E-state index in [1.807, 2.05) is 18.2 Å². The van der Waals surface area contributed by atoms with E-state index < -0.39 is 6.36 Å². The van der Waals surface area contributed by atoms with E-state index in [1.165, 1.54) is 18.2 Å². The van der Waals surface area contributed by atoms with Gasteiger partial charge in [0.15, 0.2) is 0 Å². The Balaban J connectivity index is 1.85. The number of nitrogens with zero attached hydrogens (tertiary/aromatic N) is 1. The molecule has 2 aromatic rings. The number of ether oxygens (including phenoxy) is 3. The Morgan fingerprint density at radius 1 is 1.18 bits per heavy atom. The van der Waals surface area contributed by atoms with E-state index in [2.05, 4.69) is 20.8 Å². The summed E-state index contributed by atoms with van der Waals surface area (Å²) in [6.45, 7) is 0.941. The van der Waals surface area contributed by atoms with Gasteiger partial charge in [-0.15, -0.1) is 13.2 Å². The van der Waals surface area contributed by atoms with Gasteiger partial charge in [-0.3, -0.25) is 0 Å². The van der Waals surface area contributed by atoms with E-state index in [0.717, 1.165) is 24.8 Å². The lowest BCUT2D eigenvalue weighted by atomic mass is 10.1. The summed E-state index contributed by atoms with van der Waals surface area (Å²) in [5, 5.41) is 0. The van der Waals surface area contributed by atoms with Crippen molar-refractivity contribution in [3.05, 3.63) is 54.1 Å². The van der Waals surface area contributed by atoms with Crippen molar-refractivity contribution >= 4 is 16.6 Å². The second-order valence-corrected chi connectivity index (χ2v) is 6.21. The quantitative estimate of drug-likeness (QED) is 0.690. The molecule has 0 saturated heterocycles. The van der Waals surface area contributed by atoms with Crippen molar-refractivity contribution < 1.29 is 27.4 Å². The van der Waals surface area contributed by atoms with Crippen molar-refractivity contribution in [1.29, 1.82) is 0 Å². The average molecular weight is 394 g/mol. The molecule has 0 amide bonds. The van der Waals surface area contributed by atoms with Gasteiger partial charge in [-0.2, -0.15) is 0 Å². The molecule has 8 heteroatoms. The van der Waals surface area contributed by atoms with Crippen LogP contribution in [0.25, 0.3) is 16.6 Å². The topological polar surface area (TPSA) is 56.4 Å². The van der Waals surface area contributed by atoms with Gasteiger partial charge in [0.25, 0.3) is 0 Å². The number of methoxy groups -OCH3 is 1. The molecule has 1 aromatic carbocycles. The maximum atomic E-state index is 12.4. The number of rotatable bonds is 6. The zero-order chi connectivity index (χ0) is 20.0. The summed E-state index contributed by atoms with van der Waals surface area (Å²) in [5.74, 6) is 1.05. The number of hydrogen-bond donors (Lipinski definition) is 1. The Labute approximate surface area is 160 Å². The van der Waals surface area contributed by atoms with Gasteiger partial charge in [-0.05, 0) is 49.1 Å². The molecule has 150 valence electrons. The van der Waals surface area contributed by atoms with Crippen LogP contribution >= 0.6 is 0 Å². The first kappa shape index (κ1) is 20.0. The van der Waals surface area contributed by atoms with Crippen LogP contribution < -0.4 is 4.74 Å². The Hall–Kier alpha value is -2.74. The first-order valence-corrected chi connectivity index (χ1v) is 8.89. The lowest BCUT2D eigenvalue weighted by molar-refractivity contribution is -0.274. The fraction of sp³-hybridized carbons (Fsp3) is 0.350. The Kier molecular flexibility index (Phi) is 6.41. The molecule has 1 aromatic heterocycles. The number of hydrogen-bond acceptors (Lipinski definition) is 4. The van der Waals surface area contributed by atoms with Gasteiger partial charge in [0.05, 0.1) is 17.6 Å². The summed E-state index contributed by atoms with van der Waals surface area (Å²) in [4.78, 5) is 7.60. The molecule has 0 radical (unpaired) electrons. The standard InChI is InChI=1S/C20H21F3N2O3/c1-26-11-12-27-15-6-4-2-3-5-14(7-8-15)19-24-17-10-9-16(13-18(17)25-19)28-20(21,22)23/h4,6-10,13H,2-3,5,11-12H2,1H3,(H,24,25)/b6-4?,14-7+,15-8+. The zero-order valence-corrected chi connectivity index (χ0v) is 15.4. The van der Waals surface area contributed by atoms with E-state index in [0.29, 0.717) is 35.8 Å². The number of alkyl halides is 3. The second-order valence-electron chi connectivity index (χ2n) is 6.21. The van der Waals surface area contributed by atoms with Crippen LogP contribution in [-0.2, 0) is 9.47 Å². The van der Waals surface area contributed by atoms with Crippen LogP contribution in [0.3, 0.4) is 0 Å². The van der Waals surface area contributed by atoms with Crippen molar-refractivity contribution in [3.63, 3.8) is 0 Å². The highest BCUT2D eigenvalue weighted by Crippen LogP contribution is 2.28. The van der Waals surface area contributed by atoms with Gasteiger partial charge < -0.3 is 19.2 Å².